The summed E-state index contributed by atoms with van der Waals surface area (Å²) in [6.07, 6.45) is 3.04. The van der Waals surface area contributed by atoms with Gasteiger partial charge in [-0.25, -0.2) is 9.67 Å². The van der Waals surface area contributed by atoms with Crippen molar-refractivity contribution in [2.24, 2.45) is 11.1 Å². The van der Waals surface area contributed by atoms with E-state index in [4.69, 9.17) is 5.21 Å². The Hall–Kier alpha value is -1.39. The lowest BCUT2D eigenvalue weighted by Gasteiger charge is -2.06. The molecule has 12 heavy (non-hydrogen) atoms. The van der Waals surface area contributed by atoms with Crippen molar-refractivity contribution in [3.63, 3.8) is 0 Å². The number of hydrogen-bond acceptors (Lipinski definition) is 4. The van der Waals surface area contributed by atoms with Crippen LogP contribution in [0.1, 0.15) is 13.8 Å². The molecule has 0 saturated carbocycles. The van der Waals surface area contributed by atoms with Crippen molar-refractivity contribution in [1.29, 1.82) is 0 Å². The highest BCUT2D eigenvalue weighted by Crippen LogP contribution is 1.98. The highest BCUT2D eigenvalue weighted by Gasteiger charge is 2.06. The second kappa shape index (κ2) is 3.85. The Kier molecular flexibility index (Phi) is 2.79. The van der Waals surface area contributed by atoms with Gasteiger partial charge in [-0.2, -0.15) is 5.10 Å². The van der Waals surface area contributed by atoms with Gasteiger partial charge in [0.1, 0.15) is 12.7 Å². The SMILES string of the molecule is CC(C)/C(Cn1cncn1)=N\O. The number of nitrogens with zero attached hydrogens (tertiary/aromatic N) is 4. The molecule has 0 bridgehead atoms. The summed E-state index contributed by atoms with van der Waals surface area (Å²) in [6, 6.07) is 0. The van der Waals surface area contributed by atoms with Crippen LogP contribution < -0.4 is 0 Å². The first-order chi connectivity index (χ1) is 5.74. The molecular formula is C7H12N4O. The largest absolute Gasteiger partial charge is 0.411 e. The molecule has 1 aromatic rings. The molecule has 1 aromatic heterocycles. The monoisotopic (exact) mass is 168 g/mol. The van der Waals surface area contributed by atoms with Gasteiger partial charge >= 0.3 is 0 Å². The summed E-state index contributed by atoms with van der Waals surface area (Å²) in [5.41, 5.74) is 0.695. The molecule has 1 N–H and O–H groups in total. The molecule has 66 valence electrons. The lowest BCUT2D eigenvalue weighted by molar-refractivity contribution is 0.313. The Labute approximate surface area is 70.7 Å². The van der Waals surface area contributed by atoms with Crippen molar-refractivity contribution < 1.29 is 5.21 Å². The van der Waals surface area contributed by atoms with Crippen LogP contribution in [0.4, 0.5) is 0 Å². The third-order valence-corrected chi connectivity index (χ3v) is 1.59. The summed E-state index contributed by atoms with van der Waals surface area (Å²) in [4.78, 5) is 3.78. The molecule has 0 aliphatic heterocycles. The average Bonchev–Trinajstić information content (AvgIpc) is 2.51. The van der Waals surface area contributed by atoms with Gasteiger partial charge in [0.05, 0.1) is 12.3 Å². The van der Waals surface area contributed by atoms with Gasteiger partial charge < -0.3 is 5.21 Å². The van der Waals surface area contributed by atoms with Gasteiger partial charge in [0.2, 0.25) is 0 Å². The van der Waals surface area contributed by atoms with Crippen LogP contribution in [0, 0.1) is 5.92 Å². The van der Waals surface area contributed by atoms with Gasteiger partial charge in [0, 0.05) is 0 Å². The van der Waals surface area contributed by atoms with Crippen LogP contribution in [0.25, 0.3) is 0 Å². The number of oxime groups is 1. The van der Waals surface area contributed by atoms with Crippen molar-refractivity contribution in [2.75, 3.05) is 0 Å². The van der Waals surface area contributed by atoms with Crippen molar-refractivity contribution in [2.45, 2.75) is 20.4 Å². The van der Waals surface area contributed by atoms with Crippen LogP contribution in [0.15, 0.2) is 17.8 Å². The average molecular weight is 168 g/mol. The summed E-state index contributed by atoms with van der Waals surface area (Å²) in [7, 11) is 0. The fraction of sp³-hybridized carbons (Fsp3) is 0.571. The smallest absolute Gasteiger partial charge is 0.137 e. The zero-order valence-corrected chi connectivity index (χ0v) is 7.18. The molecule has 0 unspecified atom stereocenters. The fourth-order valence-electron chi connectivity index (χ4n) is 0.810. The summed E-state index contributed by atoms with van der Waals surface area (Å²) < 4.78 is 1.62. The van der Waals surface area contributed by atoms with Crippen molar-refractivity contribution in [3.05, 3.63) is 12.7 Å². The molecule has 1 heterocycles. The molecular weight excluding hydrogens is 156 g/mol. The van der Waals surface area contributed by atoms with Crippen molar-refractivity contribution >= 4 is 5.71 Å². The van der Waals surface area contributed by atoms with E-state index in [0.29, 0.717) is 12.3 Å². The van der Waals surface area contributed by atoms with E-state index >= 15 is 0 Å². The summed E-state index contributed by atoms with van der Waals surface area (Å²) in [6.45, 7) is 4.42. The highest BCUT2D eigenvalue weighted by molar-refractivity contribution is 5.85. The Morgan fingerprint density at radius 3 is 2.83 bits per heavy atom. The Bertz CT molecular complexity index is 252. The first-order valence-corrected chi connectivity index (χ1v) is 3.77. The Morgan fingerprint density at radius 1 is 1.67 bits per heavy atom. The maximum absolute atomic E-state index is 8.62. The van der Waals surface area contributed by atoms with E-state index in [9.17, 15) is 0 Å². The molecule has 0 radical (unpaired) electrons. The van der Waals surface area contributed by atoms with Gasteiger partial charge in [0.15, 0.2) is 0 Å². The molecule has 0 spiro atoms. The molecule has 5 nitrogen and oxygen atoms in total. The van der Waals surface area contributed by atoms with Crippen LogP contribution in [0.2, 0.25) is 0 Å². The third kappa shape index (κ3) is 2.05. The maximum atomic E-state index is 8.62. The number of aromatic nitrogens is 3. The van der Waals surface area contributed by atoms with Crippen LogP contribution in [0.3, 0.4) is 0 Å². The predicted molar refractivity (Wildman–Crippen MR) is 44.1 cm³/mol. The normalized spacial score (nSPS) is 12.4. The molecule has 0 aliphatic carbocycles. The minimum absolute atomic E-state index is 0.221. The van der Waals surface area contributed by atoms with E-state index in [2.05, 4.69) is 15.2 Å². The third-order valence-electron chi connectivity index (χ3n) is 1.59. The maximum Gasteiger partial charge on any atom is 0.137 e. The fourth-order valence-corrected chi connectivity index (χ4v) is 0.810. The van der Waals surface area contributed by atoms with Crippen LogP contribution in [-0.2, 0) is 6.54 Å². The first kappa shape index (κ1) is 8.70. The highest BCUT2D eigenvalue weighted by atomic mass is 16.4. The molecule has 0 amide bonds. The number of rotatable bonds is 3. The van der Waals surface area contributed by atoms with E-state index in [1.807, 2.05) is 13.8 Å². The van der Waals surface area contributed by atoms with Crippen LogP contribution >= 0.6 is 0 Å². The minimum atomic E-state index is 0.221. The Balaban J connectivity index is 2.62. The standard InChI is InChI=1S/C7H12N4O/c1-6(2)7(10-12)3-11-5-8-4-9-11/h4-6,12H,3H2,1-2H3/b10-7-. The molecule has 0 saturated heterocycles. The predicted octanol–water partition coefficient (Wildman–Crippen LogP) is 0.764. The summed E-state index contributed by atoms with van der Waals surface area (Å²) in [5.74, 6) is 0.221. The van der Waals surface area contributed by atoms with Gasteiger partial charge in [0.25, 0.3) is 0 Å². The van der Waals surface area contributed by atoms with Crippen molar-refractivity contribution in [3.8, 4) is 0 Å². The summed E-state index contributed by atoms with van der Waals surface area (Å²) in [5, 5.41) is 15.7. The molecule has 0 aromatic carbocycles. The number of hydrogen-bond donors (Lipinski definition) is 1. The van der Waals surface area contributed by atoms with Gasteiger partial charge in [-0.1, -0.05) is 19.0 Å². The second-order valence-corrected chi connectivity index (χ2v) is 2.84. The quantitative estimate of drug-likeness (QED) is 0.412. The van der Waals surface area contributed by atoms with Crippen LogP contribution in [0.5, 0.6) is 0 Å². The lowest BCUT2D eigenvalue weighted by atomic mass is 10.1. The first-order valence-electron chi connectivity index (χ1n) is 3.77. The van der Waals surface area contributed by atoms with Gasteiger partial charge in [-0.05, 0) is 5.92 Å². The second-order valence-electron chi connectivity index (χ2n) is 2.84. The lowest BCUT2D eigenvalue weighted by Crippen LogP contribution is -2.16. The van der Waals surface area contributed by atoms with Gasteiger partial charge in [-0.3, -0.25) is 0 Å². The topological polar surface area (TPSA) is 63.3 Å². The molecule has 0 atom stereocenters. The van der Waals surface area contributed by atoms with E-state index < -0.39 is 0 Å². The zero-order valence-electron chi connectivity index (χ0n) is 7.18. The molecule has 0 aliphatic rings. The van der Waals surface area contributed by atoms with Crippen molar-refractivity contribution in [1.82, 2.24) is 14.8 Å². The van der Waals surface area contributed by atoms with E-state index in [1.165, 1.54) is 6.33 Å². The minimum Gasteiger partial charge on any atom is -0.411 e. The Morgan fingerprint density at radius 2 is 2.42 bits per heavy atom. The van der Waals surface area contributed by atoms with E-state index in [1.54, 1.807) is 11.0 Å². The molecule has 1 rings (SSSR count). The zero-order chi connectivity index (χ0) is 8.97. The summed E-state index contributed by atoms with van der Waals surface area (Å²) >= 11 is 0. The van der Waals surface area contributed by atoms with Gasteiger partial charge in [-0.15, -0.1) is 0 Å². The van der Waals surface area contributed by atoms with Crippen LogP contribution in [-0.4, -0.2) is 25.7 Å². The molecule has 0 fully saturated rings. The molecule has 5 heteroatoms. The van der Waals surface area contributed by atoms with E-state index in [-0.39, 0.29) is 5.92 Å². The van der Waals surface area contributed by atoms with E-state index in [0.717, 1.165) is 0 Å².